The van der Waals surface area contributed by atoms with Crippen molar-refractivity contribution in [2.45, 2.75) is 6.42 Å². The normalized spacial score (nSPS) is 15.0. The van der Waals surface area contributed by atoms with Crippen LogP contribution < -0.4 is 4.90 Å². The summed E-state index contributed by atoms with van der Waals surface area (Å²) in [7, 11) is 0. The Bertz CT molecular complexity index is 639. The zero-order chi connectivity index (χ0) is 15.4. The number of piperazine rings is 1. The molecule has 114 valence electrons. The van der Waals surface area contributed by atoms with Gasteiger partial charge in [0, 0.05) is 44.3 Å². The van der Waals surface area contributed by atoms with Crippen LogP contribution in [0.5, 0.6) is 0 Å². The predicted molar refractivity (Wildman–Crippen MR) is 83.1 cm³/mol. The largest absolute Gasteiger partial charge is 0.368 e. The predicted octanol–water partition coefficient (Wildman–Crippen LogP) is 2.11. The minimum Gasteiger partial charge on any atom is -0.368 e. The molecule has 2 heterocycles. The van der Waals surface area contributed by atoms with Crippen molar-refractivity contribution in [3.05, 3.63) is 60.2 Å². The van der Waals surface area contributed by atoms with Crippen molar-refractivity contribution in [1.29, 1.82) is 0 Å². The van der Waals surface area contributed by atoms with E-state index in [0.717, 1.165) is 18.8 Å². The van der Waals surface area contributed by atoms with E-state index in [1.165, 1.54) is 6.07 Å². The van der Waals surface area contributed by atoms with E-state index in [-0.39, 0.29) is 18.1 Å². The van der Waals surface area contributed by atoms with Gasteiger partial charge in [-0.1, -0.05) is 18.2 Å². The molecule has 0 N–H and O–H groups in total. The fourth-order valence-corrected chi connectivity index (χ4v) is 2.69. The van der Waals surface area contributed by atoms with Gasteiger partial charge in [-0.15, -0.1) is 0 Å². The summed E-state index contributed by atoms with van der Waals surface area (Å²) >= 11 is 0. The van der Waals surface area contributed by atoms with Gasteiger partial charge in [0.25, 0.3) is 0 Å². The molecular formula is C17H18FN3O. The number of carbonyl (C=O) groups excluding carboxylic acids is 1. The SMILES string of the molecule is O=C(Cc1ccccc1F)N1CCN(c2ccncc2)CC1. The van der Waals surface area contributed by atoms with E-state index in [4.69, 9.17) is 0 Å². The quantitative estimate of drug-likeness (QED) is 0.871. The number of halogens is 1. The summed E-state index contributed by atoms with van der Waals surface area (Å²) in [6.45, 7) is 2.89. The van der Waals surface area contributed by atoms with Crippen molar-refractivity contribution in [2.24, 2.45) is 0 Å². The monoisotopic (exact) mass is 299 g/mol. The second kappa shape index (κ2) is 6.56. The summed E-state index contributed by atoms with van der Waals surface area (Å²) in [6.07, 6.45) is 3.66. The van der Waals surface area contributed by atoms with Crippen LogP contribution in [-0.2, 0) is 11.2 Å². The maximum absolute atomic E-state index is 13.6. The Morgan fingerprint density at radius 2 is 1.73 bits per heavy atom. The zero-order valence-corrected chi connectivity index (χ0v) is 12.3. The van der Waals surface area contributed by atoms with Gasteiger partial charge in [0.1, 0.15) is 5.82 Å². The van der Waals surface area contributed by atoms with E-state index < -0.39 is 0 Å². The molecule has 1 aliphatic heterocycles. The smallest absolute Gasteiger partial charge is 0.227 e. The van der Waals surface area contributed by atoms with Gasteiger partial charge in [-0.25, -0.2) is 4.39 Å². The van der Waals surface area contributed by atoms with E-state index >= 15 is 0 Å². The Morgan fingerprint density at radius 3 is 2.41 bits per heavy atom. The van der Waals surface area contributed by atoms with Crippen molar-refractivity contribution in [1.82, 2.24) is 9.88 Å². The van der Waals surface area contributed by atoms with Gasteiger partial charge in [-0.2, -0.15) is 0 Å². The highest BCUT2D eigenvalue weighted by Gasteiger charge is 2.21. The number of carbonyl (C=O) groups is 1. The molecule has 0 bridgehead atoms. The minimum absolute atomic E-state index is 0.0144. The lowest BCUT2D eigenvalue weighted by atomic mass is 10.1. The van der Waals surface area contributed by atoms with Crippen LogP contribution in [0.15, 0.2) is 48.8 Å². The number of amides is 1. The second-order valence-corrected chi connectivity index (χ2v) is 5.34. The van der Waals surface area contributed by atoms with Crippen LogP contribution >= 0.6 is 0 Å². The van der Waals surface area contributed by atoms with E-state index in [0.29, 0.717) is 18.7 Å². The summed E-state index contributed by atoms with van der Waals surface area (Å²) in [5, 5.41) is 0. The molecule has 1 aliphatic rings. The molecule has 3 rings (SSSR count). The minimum atomic E-state index is -0.314. The topological polar surface area (TPSA) is 36.4 Å². The van der Waals surface area contributed by atoms with Crippen LogP contribution in [0, 0.1) is 5.82 Å². The van der Waals surface area contributed by atoms with Crippen LogP contribution in [0.3, 0.4) is 0 Å². The lowest BCUT2D eigenvalue weighted by Crippen LogP contribution is -2.49. The van der Waals surface area contributed by atoms with Gasteiger partial charge in [-0.05, 0) is 23.8 Å². The average Bonchev–Trinajstić information content (AvgIpc) is 2.58. The second-order valence-electron chi connectivity index (χ2n) is 5.34. The third kappa shape index (κ3) is 3.24. The summed E-state index contributed by atoms with van der Waals surface area (Å²) in [5.41, 5.74) is 1.58. The molecule has 0 spiro atoms. The number of hydrogen-bond acceptors (Lipinski definition) is 3. The summed E-state index contributed by atoms with van der Waals surface area (Å²) in [6, 6.07) is 10.4. The Balaban J connectivity index is 1.57. The summed E-state index contributed by atoms with van der Waals surface area (Å²) < 4.78 is 13.6. The summed E-state index contributed by atoms with van der Waals surface area (Å²) in [4.78, 5) is 20.3. The van der Waals surface area contributed by atoms with Crippen LogP contribution in [0.25, 0.3) is 0 Å². The molecule has 5 heteroatoms. The number of anilines is 1. The van der Waals surface area contributed by atoms with Gasteiger partial charge < -0.3 is 9.80 Å². The molecule has 0 radical (unpaired) electrons. The molecule has 0 aliphatic carbocycles. The fourth-order valence-electron chi connectivity index (χ4n) is 2.69. The van der Waals surface area contributed by atoms with Crippen LogP contribution in [0.2, 0.25) is 0 Å². The highest BCUT2D eigenvalue weighted by Crippen LogP contribution is 2.16. The molecule has 1 amide bonds. The molecule has 2 aromatic rings. The van der Waals surface area contributed by atoms with E-state index in [9.17, 15) is 9.18 Å². The standard InChI is InChI=1S/C17H18FN3O/c18-16-4-2-1-3-14(16)13-17(22)21-11-9-20(10-12-21)15-5-7-19-8-6-15/h1-8H,9-13H2. The van der Waals surface area contributed by atoms with Crippen LogP contribution in [0.4, 0.5) is 10.1 Å². The molecule has 22 heavy (non-hydrogen) atoms. The van der Waals surface area contributed by atoms with Crippen molar-refractivity contribution in [3.8, 4) is 0 Å². The number of pyridine rings is 1. The maximum Gasteiger partial charge on any atom is 0.227 e. The fraction of sp³-hybridized carbons (Fsp3) is 0.294. The van der Waals surface area contributed by atoms with E-state index in [1.54, 1.807) is 30.6 Å². The van der Waals surface area contributed by atoms with Crippen molar-refractivity contribution < 1.29 is 9.18 Å². The van der Waals surface area contributed by atoms with Crippen molar-refractivity contribution in [2.75, 3.05) is 31.1 Å². The van der Waals surface area contributed by atoms with Crippen LogP contribution in [-0.4, -0.2) is 42.0 Å². The maximum atomic E-state index is 13.6. The number of aromatic nitrogens is 1. The molecule has 0 unspecified atom stereocenters. The van der Waals surface area contributed by atoms with Gasteiger partial charge in [0.05, 0.1) is 6.42 Å². The van der Waals surface area contributed by atoms with Gasteiger partial charge in [0.15, 0.2) is 0 Å². The van der Waals surface area contributed by atoms with Crippen molar-refractivity contribution >= 4 is 11.6 Å². The molecule has 1 saturated heterocycles. The Morgan fingerprint density at radius 1 is 1.05 bits per heavy atom. The number of rotatable bonds is 3. The van der Waals surface area contributed by atoms with E-state index in [2.05, 4.69) is 9.88 Å². The molecule has 4 nitrogen and oxygen atoms in total. The lowest BCUT2D eigenvalue weighted by Gasteiger charge is -2.36. The Labute approximate surface area is 129 Å². The number of benzene rings is 1. The first kappa shape index (κ1) is 14.5. The first-order valence-corrected chi connectivity index (χ1v) is 7.40. The first-order valence-electron chi connectivity index (χ1n) is 7.40. The lowest BCUT2D eigenvalue weighted by molar-refractivity contribution is -0.130. The zero-order valence-electron chi connectivity index (χ0n) is 12.3. The molecule has 1 fully saturated rings. The average molecular weight is 299 g/mol. The third-order valence-corrected chi connectivity index (χ3v) is 3.96. The van der Waals surface area contributed by atoms with Gasteiger partial charge in [0.2, 0.25) is 5.91 Å². The number of hydrogen-bond donors (Lipinski definition) is 0. The number of nitrogens with zero attached hydrogens (tertiary/aromatic N) is 3. The van der Waals surface area contributed by atoms with Gasteiger partial charge in [-0.3, -0.25) is 9.78 Å². The molecule has 0 atom stereocenters. The summed E-state index contributed by atoms with van der Waals surface area (Å²) in [5.74, 6) is -0.328. The highest BCUT2D eigenvalue weighted by molar-refractivity contribution is 5.79. The molecule has 1 aromatic heterocycles. The first-order chi connectivity index (χ1) is 10.7. The third-order valence-electron chi connectivity index (χ3n) is 3.96. The highest BCUT2D eigenvalue weighted by atomic mass is 19.1. The molecule has 0 saturated carbocycles. The Hall–Kier alpha value is -2.43. The van der Waals surface area contributed by atoms with E-state index in [1.807, 2.05) is 17.0 Å². The van der Waals surface area contributed by atoms with Crippen molar-refractivity contribution in [3.63, 3.8) is 0 Å². The molecular weight excluding hydrogens is 281 g/mol. The van der Waals surface area contributed by atoms with Crippen LogP contribution in [0.1, 0.15) is 5.56 Å². The molecule has 1 aromatic carbocycles. The Kier molecular flexibility index (Phi) is 4.32. The van der Waals surface area contributed by atoms with Gasteiger partial charge >= 0.3 is 0 Å².